The molecule has 1 saturated carbocycles. The Morgan fingerprint density at radius 1 is 1.18 bits per heavy atom. The second-order valence-corrected chi connectivity index (χ2v) is 10.6. The van der Waals surface area contributed by atoms with Crippen molar-refractivity contribution in [1.29, 1.82) is 0 Å². The SMILES string of the molecule is CCC1CN(c2nc(-c3cccc(OCC(O)CNC)c3)nc(-c3c(C)noc3C)c2C)CCN1C1CC1. The van der Waals surface area contributed by atoms with Gasteiger partial charge < -0.3 is 24.6 Å². The highest BCUT2D eigenvalue weighted by molar-refractivity contribution is 5.75. The molecule has 0 amide bonds. The van der Waals surface area contributed by atoms with Crippen molar-refractivity contribution in [2.75, 3.05) is 44.7 Å². The van der Waals surface area contributed by atoms with Gasteiger partial charge in [0.2, 0.25) is 0 Å². The summed E-state index contributed by atoms with van der Waals surface area (Å²) in [5, 5.41) is 17.2. The Hall–Kier alpha value is -3.01. The van der Waals surface area contributed by atoms with Crippen molar-refractivity contribution in [1.82, 2.24) is 25.3 Å². The van der Waals surface area contributed by atoms with E-state index in [0.29, 0.717) is 24.2 Å². The fourth-order valence-corrected chi connectivity index (χ4v) is 5.53. The van der Waals surface area contributed by atoms with Gasteiger partial charge >= 0.3 is 0 Å². The molecule has 9 nitrogen and oxygen atoms in total. The molecule has 2 aliphatic rings. The van der Waals surface area contributed by atoms with Gasteiger partial charge in [0, 0.05) is 49.4 Å². The van der Waals surface area contributed by atoms with E-state index >= 15 is 0 Å². The van der Waals surface area contributed by atoms with E-state index in [1.807, 2.05) is 38.1 Å². The lowest BCUT2D eigenvalue weighted by Crippen LogP contribution is -2.54. The fourth-order valence-electron chi connectivity index (χ4n) is 5.53. The number of ether oxygens (including phenoxy) is 1. The molecule has 2 N–H and O–H groups in total. The first kappa shape index (κ1) is 26.6. The molecule has 2 unspecified atom stereocenters. The van der Waals surface area contributed by atoms with Crippen LogP contribution >= 0.6 is 0 Å². The number of rotatable bonds is 10. The number of anilines is 1. The quantitative estimate of drug-likeness (QED) is 0.414. The van der Waals surface area contributed by atoms with Crippen molar-refractivity contribution in [3.63, 3.8) is 0 Å². The van der Waals surface area contributed by atoms with Crippen molar-refractivity contribution in [3.05, 3.63) is 41.3 Å². The standard InChI is InChI=1S/C29H40N6O3/c1-6-22-16-34(12-13-35(22)23-10-11-23)29-18(2)27(26-19(3)33-38-20(26)4)31-28(32-29)21-8-7-9-25(14-21)37-17-24(36)15-30-5/h7-9,14,22-24,30,36H,6,10-13,15-17H2,1-5H3. The minimum Gasteiger partial charge on any atom is -0.491 e. The Kier molecular flexibility index (Phi) is 7.97. The summed E-state index contributed by atoms with van der Waals surface area (Å²) in [5.41, 5.74) is 4.51. The third-order valence-corrected chi connectivity index (χ3v) is 7.68. The third-order valence-electron chi connectivity index (χ3n) is 7.68. The van der Waals surface area contributed by atoms with Gasteiger partial charge in [-0.15, -0.1) is 0 Å². The second-order valence-electron chi connectivity index (χ2n) is 10.6. The first-order chi connectivity index (χ1) is 18.4. The molecule has 0 spiro atoms. The lowest BCUT2D eigenvalue weighted by molar-refractivity contribution is 0.108. The number of hydrogen-bond donors (Lipinski definition) is 2. The summed E-state index contributed by atoms with van der Waals surface area (Å²) in [6.07, 6.45) is 3.19. The molecule has 1 aromatic carbocycles. The monoisotopic (exact) mass is 520 g/mol. The Labute approximate surface area is 225 Å². The summed E-state index contributed by atoms with van der Waals surface area (Å²) in [6.45, 7) is 11.9. The molecule has 3 heterocycles. The van der Waals surface area contributed by atoms with Crippen LogP contribution in [0.3, 0.4) is 0 Å². The molecule has 1 aliphatic heterocycles. The molecular formula is C29H40N6O3. The molecule has 1 saturated heterocycles. The number of nitrogens with zero attached hydrogens (tertiary/aromatic N) is 5. The minimum atomic E-state index is -0.585. The number of aromatic nitrogens is 3. The van der Waals surface area contributed by atoms with Gasteiger partial charge in [0.25, 0.3) is 0 Å². The van der Waals surface area contributed by atoms with Crippen LogP contribution < -0.4 is 15.0 Å². The van der Waals surface area contributed by atoms with Crippen molar-refractivity contribution < 1.29 is 14.4 Å². The summed E-state index contributed by atoms with van der Waals surface area (Å²) in [5.74, 6) is 3.03. The molecule has 2 atom stereocenters. The number of aliphatic hydroxyl groups is 1. The van der Waals surface area contributed by atoms with Crippen LogP contribution in [-0.4, -0.2) is 83.2 Å². The maximum absolute atomic E-state index is 10.1. The van der Waals surface area contributed by atoms with Gasteiger partial charge in [0.1, 0.15) is 30.0 Å². The normalized spacial score (nSPS) is 19.1. The van der Waals surface area contributed by atoms with Gasteiger partial charge in [0.05, 0.1) is 17.0 Å². The lowest BCUT2D eigenvalue weighted by atomic mass is 10.0. The van der Waals surface area contributed by atoms with Gasteiger partial charge in [-0.25, -0.2) is 9.97 Å². The van der Waals surface area contributed by atoms with Crippen molar-refractivity contribution >= 4 is 5.82 Å². The third kappa shape index (κ3) is 5.55. The molecular weight excluding hydrogens is 480 g/mol. The van der Waals surface area contributed by atoms with Crippen molar-refractivity contribution in [2.24, 2.45) is 0 Å². The first-order valence-electron chi connectivity index (χ1n) is 13.8. The average Bonchev–Trinajstić information content (AvgIpc) is 3.72. The maximum Gasteiger partial charge on any atom is 0.162 e. The molecule has 9 heteroatoms. The molecule has 204 valence electrons. The average molecular weight is 521 g/mol. The molecule has 0 radical (unpaired) electrons. The molecule has 2 aromatic heterocycles. The highest BCUT2D eigenvalue weighted by Crippen LogP contribution is 2.37. The summed E-state index contributed by atoms with van der Waals surface area (Å²) in [6, 6.07) is 9.06. The van der Waals surface area contributed by atoms with Crippen LogP contribution in [0.15, 0.2) is 28.8 Å². The smallest absolute Gasteiger partial charge is 0.162 e. The number of aliphatic hydroxyl groups excluding tert-OH is 1. The lowest BCUT2D eigenvalue weighted by Gasteiger charge is -2.42. The Balaban J connectivity index is 1.52. The predicted octanol–water partition coefficient (Wildman–Crippen LogP) is 3.75. The van der Waals surface area contributed by atoms with E-state index in [4.69, 9.17) is 19.2 Å². The minimum absolute atomic E-state index is 0.207. The summed E-state index contributed by atoms with van der Waals surface area (Å²) >= 11 is 0. The Morgan fingerprint density at radius 3 is 2.68 bits per heavy atom. The molecule has 0 bridgehead atoms. The zero-order valence-corrected chi connectivity index (χ0v) is 23.2. The maximum atomic E-state index is 10.1. The molecule has 38 heavy (non-hydrogen) atoms. The number of piperazine rings is 1. The molecule has 5 rings (SSSR count). The fraction of sp³-hybridized carbons (Fsp3) is 0.552. The number of benzene rings is 1. The van der Waals surface area contributed by atoms with E-state index in [1.54, 1.807) is 7.05 Å². The van der Waals surface area contributed by atoms with E-state index < -0.39 is 6.10 Å². The molecule has 3 aromatic rings. The van der Waals surface area contributed by atoms with Gasteiger partial charge in [-0.05, 0) is 59.2 Å². The van der Waals surface area contributed by atoms with Crippen molar-refractivity contribution in [3.8, 4) is 28.4 Å². The van der Waals surface area contributed by atoms with Gasteiger partial charge in [-0.1, -0.05) is 24.2 Å². The Morgan fingerprint density at radius 2 is 2.00 bits per heavy atom. The van der Waals surface area contributed by atoms with Crippen molar-refractivity contribution in [2.45, 2.75) is 65.1 Å². The zero-order valence-electron chi connectivity index (χ0n) is 23.2. The summed E-state index contributed by atoms with van der Waals surface area (Å²) in [7, 11) is 1.81. The van der Waals surface area contributed by atoms with E-state index in [9.17, 15) is 5.11 Å². The van der Waals surface area contributed by atoms with Crippen LogP contribution in [0, 0.1) is 20.8 Å². The first-order valence-corrected chi connectivity index (χ1v) is 13.8. The van der Waals surface area contributed by atoms with Gasteiger partial charge in [-0.2, -0.15) is 0 Å². The van der Waals surface area contributed by atoms with E-state index in [1.165, 1.54) is 12.8 Å². The number of aryl methyl sites for hydroxylation is 2. The highest BCUT2D eigenvalue weighted by atomic mass is 16.5. The number of likely N-dealkylation sites (N-methyl/N-ethyl adjacent to an activating group) is 1. The highest BCUT2D eigenvalue weighted by Gasteiger charge is 2.37. The van der Waals surface area contributed by atoms with E-state index in [0.717, 1.165) is 71.8 Å². The predicted molar refractivity (Wildman–Crippen MR) is 149 cm³/mol. The number of nitrogens with one attached hydrogen (secondary N) is 1. The van der Waals surface area contributed by atoms with Crippen LogP contribution in [0.2, 0.25) is 0 Å². The van der Waals surface area contributed by atoms with Crippen LogP contribution in [0.25, 0.3) is 22.6 Å². The summed E-state index contributed by atoms with van der Waals surface area (Å²) < 4.78 is 11.4. The van der Waals surface area contributed by atoms with Gasteiger partial charge in [-0.3, -0.25) is 4.90 Å². The number of hydrogen-bond acceptors (Lipinski definition) is 9. The zero-order chi connectivity index (χ0) is 26.8. The van der Waals surface area contributed by atoms with E-state index in [2.05, 4.69) is 34.1 Å². The molecule has 2 fully saturated rings. The van der Waals surface area contributed by atoms with Gasteiger partial charge in [0.15, 0.2) is 5.82 Å². The van der Waals surface area contributed by atoms with Crippen LogP contribution in [0.1, 0.15) is 43.2 Å². The topological polar surface area (TPSA) is 99.8 Å². The van der Waals surface area contributed by atoms with Crippen LogP contribution in [-0.2, 0) is 0 Å². The second kappa shape index (κ2) is 11.4. The van der Waals surface area contributed by atoms with Crippen LogP contribution in [0.4, 0.5) is 5.82 Å². The largest absolute Gasteiger partial charge is 0.491 e. The van der Waals surface area contributed by atoms with E-state index in [-0.39, 0.29) is 6.61 Å². The molecule has 1 aliphatic carbocycles. The summed E-state index contributed by atoms with van der Waals surface area (Å²) in [4.78, 5) is 15.3. The Bertz CT molecular complexity index is 1240. The van der Waals surface area contributed by atoms with Crippen LogP contribution in [0.5, 0.6) is 5.75 Å².